The predicted molar refractivity (Wildman–Crippen MR) is 122 cm³/mol. The lowest BCUT2D eigenvalue weighted by atomic mass is 10.1. The summed E-state index contributed by atoms with van der Waals surface area (Å²) in [5.74, 6) is 0.797. The fourth-order valence-corrected chi connectivity index (χ4v) is 5.06. The van der Waals surface area contributed by atoms with E-state index in [0.717, 1.165) is 5.56 Å². The Morgan fingerprint density at radius 1 is 1.16 bits per heavy atom. The van der Waals surface area contributed by atoms with Gasteiger partial charge in [-0.3, -0.25) is 4.79 Å². The van der Waals surface area contributed by atoms with Crippen molar-refractivity contribution >= 4 is 35.2 Å². The Morgan fingerprint density at radius 3 is 2.55 bits per heavy atom. The average molecular weight is 464 g/mol. The van der Waals surface area contributed by atoms with E-state index in [1.807, 2.05) is 32.0 Å². The van der Waals surface area contributed by atoms with E-state index in [9.17, 15) is 9.59 Å². The van der Waals surface area contributed by atoms with Gasteiger partial charge in [-0.1, -0.05) is 43.6 Å². The lowest BCUT2D eigenvalue weighted by Gasteiger charge is -2.29. The number of ether oxygens (including phenoxy) is 3. The summed E-state index contributed by atoms with van der Waals surface area (Å²) >= 11 is 7.93. The van der Waals surface area contributed by atoms with E-state index >= 15 is 0 Å². The number of carbonyl (C=O) groups is 2. The van der Waals surface area contributed by atoms with Crippen LogP contribution in [-0.2, 0) is 9.53 Å². The van der Waals surface area contributed by atoms with Gasteiger partial charge in [0.2, 0.25) is 0 Å². The summed E-state index contributed by atoms with van der Waals surface area (Å²) < 4.78 is 16.1. The fourth-order valence-electron chi connectivity index (χ4n) is 3.31. The summed E-state index contributed by atoms with van der Waals surface area (Å²) in [7, 11) is 3.03. The first-order valence-corrected chi connectivity index (χ1v) is 11.4. The highest BCUT2D eigenvalue weighted by molar-refractivity contribution is 7.99. The van der Waals surface area contributed by atoms with Crippen molar-refractivity contribution in [2.45, 2.75) is 25.3 Å². The van der Waals surface area contributed by atoms with Gasteiger partial charge < -0.3 is 19.1 Å². The first-order chi connectivity index (χ1) is 14.9. The zero-order valence-electron chi connectivity index (χ0n) is 18.0. The molecule has 1 heterocycles. The zero-order valence-corrected chi connectivity index (χ0v) is 19.5. The summed E-state index contributed by atoms with van der Waals surface area (Å²) in [6.45, 7) is 4.23. The summed E-state index contributed by atoms with van der Waals surface area (Å²) in [4.78, 5) is 28.2. The molecule has 3 rings (SSSR count). The highest BCUT2D eigenvalue weighted by Gasteiger charge is 2.44. The van der Waals surface area contributed by atoms with Crippen molar-refractivity contribution in [2.75, 3.05) is 26.6 Å². The molecule has 0 spiro atoms. The maximum absolute atomic E-state index is 13.7. The molecule has 6 nitrogen and oxygen atoms in total. The summed E-state index contributed by atoms with van der Waals surface area (Å²) in [5.41, 5.74) is 1.11. The Bertz CT molecular complexity index is 951. The van der Waals surface area contributed by atoms with Crippen molar-refractivity contribution < 1.29 is 23.8 Å². The van der Waals surface area contributed by atoms with Crippen molar-refractivity contribution in [1.29, 1.82) is 0 Å². The lowest BCUT2D eigenvalue weighted by molar-refractivity contribution is -0.149. The number of methoxy groups -OCH3 is 2. The molecule has 1 amide bonds. The van der Waals surface area contributed by atoms with E-state index in [1.165, 1.54) is 18.9 Å². The van der Waals surface area contributed by atoms with Gasteiger partial charge in [0.25, 0.3) is 5.91 Å². The van der Waals surface area contributed by atoms with Gasteiger partial charge >= 0.3 is 5.97 Å². The number of halogens is 1. The van der Waals surface area contributed by atoms with Crippen LogP contribution in [0.15, 0.2) is 42.5 Å². The molecular formula is C23H26ClNO5S. The second-order valence-corrected chi connectivity index (χ2v) is 9.05. The molecule has 2 aromatic rings. The molecule has 2 unspecified atom stereocenters. The van der Waals surface area contributed by atoms with Crippen LogP contribution in [0.5, 0.6) is 11.5 Å². The minimum atomic E-state index is -0.732. The van der Waals surface area contributed by atoms with Crippen LogP contribution in [-0.4, -0.2) is 49.4 Å². The number of esters is 1. The van der Waals surface area contributed by atoms with Gasteiger partial charge in [0.1, 0.15) is 22.9 Å². The van der Waals surface area contributed by atoms with Crippen molar-refractivity contribution in [3.8, 4) is 11.5 Å². The number of carbonyl (C=O) groups excluding carboxylic acids is 2. The maximum atomic E-state index is 13.7. The number of rotatable bonds is 7. The largest absolute Gasteiger partial charge is 0.497 e. The number of thioether (sulfide) groups is 1. The van der Waals surface area contributed by atoms with Gasteiger partial charge in [-0.2, -0.15) is 0 Å². The quantitative estimate of drug-likeness (QED) is 0.549. The van der Waals surface area contributed by atoms with Crippen molar-refractivity contribution in [1.82, 2.24) is 4.90 Å². The van der Waals surface area contributed by atoms with Crippen LogP contribution < -0.4 is 9.47 Å². The number of hydrogen-bond acceptors (Lipinski definition) is 6. The summed E-state index contributed by atoms with van der Waals surface area (Å²) in [5, 5.41) is 0.111. The van der Waals surface area contributed by atoms with E-state index < -0.39 is 17.4 Å². The molecule has 0 radical (unpaired) electrons. The van der Waals surface area contributed by atoms with Crippen molar-refractivity contribution in [3.05, 3.63) is 58.6 Å². The van der Waals surface area contributed by atoms with Gasteiger partial charge in [-0.25, -0.2) is 4.79 Å². The highest BCUT2D eigenvalue weighted by atomic mass is 35.5. The Balaban J connectivity index is 2.01. The first kappa shape index (κ1) is 23.3. The van der Waals surface area contributed by atoms with Crippen LogP contribution in [0.4, 0.5) is 0 Å². The van der Waals surface area contributed by atoms with Crippen molar-refractivity contribution in [2.24, 2.45) is 5.92 Å². The minimum absolute atomic E-state index is 0.197. The third kappa shape index (κ3) is 5.10. The maximum Gasteiger partial charge on any atom is 0.329 e. The average Bonchev–Trinajstić information content (AvgIpc) is 3.21. The Labute approximate surface area is 191 Å². The van der Waals surface area contributed by atoms with Crippen LogP contribution in [0.25, 0.3) is 0 Å². The van der Waals surface area contributed by atoms with E-state index in [4.69, 9.17) is 25.8 Å². The molecule has 1 saturated heterocycles. The minimum Gasteiger partial charge on any atom is -0.497 e. The van der Waals surface area contributed by atoms with Crippen LogP contribution in [0.1, 0.15) is 35.1 Å². The van der Waals surface area contributed by atoms with Gasteiger partial charge in [-0.15, -0.1) is 11.8 Å². The third-order valence-corrected chi connectivity index (χ3v) is 6.53. The molecule has 0 aliphatic carbocycles. The zero-order chi connectivity index (χ0) is 22.5. The Kier molecular flexibility index (Phi) is 7.73. The molecular weight excluding hydrogens is 438 g/mol. The van der Waals surface area contributed by atoms with Gasteiger partial charge in [-0.05, 0) is 24.1 Å². The second-order valence-electron chi connectivity index (χ2n) is 7.53. The molecule has 2 atom stereocenters. The molecule has 166 valence electrons. The SMILES string of the molecule is COc1ccc(C(=O)N2C(C(=O)OCC(C)C)CSC2c2ccccc2Cl)c(OC)c1. The summed E-state index contributed by atoms with van der Waals surface area (Å²) in [6, 6.07) is 11.6. The van der Waals surface area contributed by atoms with Crippen LogP contribution in [0.3, 0.4) is 0 Å². The summed E-state index contributed by atoms with van der Waals surface area (Å²) in [6.07, 6.45) is 0. The number of amides is 1. The molecule has 0 bridgehead atoms. The third-order valence-electron chi connectivity index (χ3n) is 4.88. The molecule has 31 heavy (non-hydrogen) atoms. The van der Waals surface area contributed by atoms with Gasteiger partial charge in [0, 0.05) is 22.4 Å². The van der Waals surface area contributed by atoms with Crippen LogP contribution in [0.2, 0.25) is 5.02 Å². The normalized spacial score (nSPS) is 18.2. The first-order valence-electron chi connectivity index (χ1n) is 9.94. The number of hydrogen-bond donors (Lipinski definition) is 0. The molecule has 8 heteroatoms. The van der Waals surface area contributed by atoms with E-state index in [2.05, 4.69) is 0 Å². The number of nitrogens with zero attached hydrogens (tertiary/aromatic N) is 1. The molecule has 2 aromatic carbocycles. The highest BCUT2D eigenvalue weighted by Crippen LogP contribution is 2.45. The molecule has 1 aliphatic rings. The molecule has 0 saturated carbocycles. The smallest absolute Gasteiger partial charge is 0.329 e. The van der Waals surface area contributed by atoms with Crippen LogP contribution in [0, 0.1) is 5.92 Å². The monoisotopic (exact) mass is 463 g/mol. The van der Waals surface area contributed by atoms with Crippen LogP contribution >= 0.6 is 23.4 Å². The lowest BCUT2D eigenvalue weighted by Crippen LogP contribution is -2.44. The Morgan fingerprint density at radius 2 is 1.90 bits per heavy atom. The van der Waals surface area contributed by atoms with Crippen molar-refractivity contribution in [3.63, 3.8) is 0 Å². The van der Waals surface area contributed by atoms with Gasteiger partial charge in [0.05, 0.1) is 26.4 Å². The topological polar surface area (TPSA) is 65.1 Å². The van der Waals surface area contributed by atoms with E-state index in [-0.39, 0.29) is 11.8 Å². The number of benzene rings is 2. The fraction of sp³-hybridized carbons (Fsp3) is 0.391. The van der Waals surface area contributed by atoms with E-state index in [0.29, 0.717) is 34.4 Å². The van der Waals surface area contributed by atoms with Gasteiger partial charge in [0.15, 0.2) is 0 Å². The predicted octanol–water partition coefficient (Wildman–Crippen LogP) is 4.81. The second kappa shape index (κ2) is 10.3. The Hall–Kier alpha value is -2.38. The van der Waals surface area contributed by atoms with E-state index in [1.54, 1.807) is 36.3 Å². The standard InChI is InChI=1S/C23H26ClNO5S/c1-14(2)12-30-23(27)19-13-31-22(16-7-5-6-8-18(16)24)25(19)21(26)17-10-9-15(28-3)11-20(17)29-4/h5-11,14,19,22H,12-13H2,1-4H3. The molecule has 1 fully saturated rings. The molecule has 0 aromatic heterocycles. The molecule has 1 aliphatic heterocycles. The molecule has 0 N–H and O–H groups in total.